The van der Waals surface area contributed by atoms with Gasteiger partial charge in [0.05, 0.1) is 20.8 Å². The van der Waals surface area contributed by atoms with Gasteiger partial charge in [-0.15, -0.1) is 0 Å². The summed E-state index contributed by atoms with van der Waals surface area (Å²) in [6, 6.07) is 14.4. The molecular weight excluding hydrogens is 467 g/mol. The highest BCUT2D eigenvalue weighted by molar-refractivity contribution is 7.89. The number of aromatic nitrogens is 2. The largest absolute Gasteiger partial charge is 0.354 e. The summed E-state index contributed by atoms with van der Waals surface area (Å²) in [5, 5.41) is 0.409. The van der Waals surface area contributed by atoms with Gasteiger partial charge in [0.25, 0.3) is 0 Å². The fraction of sp³-hybridized carbons (Fsp3) is 0.200. The predicted molar refractivity (Wildman–Crippen MR) is 120 cm³/mol. The number of hydrogen-bond donors (Lipinski definition) is 0. The van der Waals surface area contributed by atoms with Crippen molar-refractivity contribution in [2.24, 2.45) is 0 Å². The lowest BCUT2D eigenvalue weighted by atomic mass is 10.1. The lowest BCUT2D eigenvalue weighted by Crippen LogP contribution is -2.49. The minimum absolute atomic E-state index is 0.0413. The minimum atomic E-state index is -3.79. The molecule has 1 fully saturated rings. The van der Waals surface area contributed by atoms with Crippen molar-refractivity contribution in [1.29, 1.82) is 0 Å². The molecule has 1 saturated heterocycles. The molecule has 2 aromatic carbocycles. The van der Waals surface area contributed by atoms with Gasteiger partial charge in [-0.25, -0.2) is 18.4 Å². The smallest absolute Gasteiger partial charge is 0.244 e. The van der Waals surface area contributed by atoms with Crippen molar-refractivity contribution in [3.05, 3.63) is 69.9 Å². The average Bonchev–Trinajstić information content (AvgIpc) is 2.77. The van der Waals surface area contributed by atoms with Gasteiger partial charge in [-0.3, -0.25) is 0 Å². The molecule has 0 unspecified atom stereocenters. The Hall–Kier alpha value is -1.90. The number of piperazine rings is 1. The minimum Gasteiger partial charge on any atom is -0.354 e. The van der Waals surface area contributed by atoms with E-state index in [1.807, 2.05) is 41.3 Å². The Balaban J connectivity index is 1.51. The van der Waals surface area contributed by atoms with Gasteiger partial charge in [0.2, 0.25) is 10.0 Å². The Morgan fingerprint density at radius 3 is 2.17 bits per heavy atom. The molecule has 0 amide bonds. The predicted octanol–water partition coefficient (Wildman–Crippen LogP) is 4.61. The third-order valence-corrected chi connectivity index (χ3v) is 7.96. The lowest BCUT2D eigenvalue weighted by Gasteiger charge is -2.34. The molecule has 0 N–H and O–H groups in total. The molecule has 10 heteroatoms. The van der Waals surface area contributed by atoms with Gasteiger partial charge in [0.1, 0.15) is 17.0 Å². The first kappa shape index (κ1) is 21.3. The van der Waals surface area contributed by atoms with Crippen molar-refractivity contribution >= 4 is 50.6 Å². The quantitative estimate of drug-likeness (QED) is 0.507. The molecule has 2 heterocycles. The van der Waals surface area contributed by atoms with E-state index in [2.05, 4.69) is 9.97 Å². The molecule has 0 radical (unpaired) electrons. The first-order chi connectivity index (χ1) is 14.4. The van der Waals surface area contributed by atoms with Crippen LogP contribution in [-0.4, -0.2) is 48.9 Å². The SMILES string of the molecule is O=S(=O)(c1cc(Cl)c(Cl)cc1Cl)N1CCN(c2cc(-c3ccccc3)ncn2)CC1. The first-order valence-corrected chi connectivity index (χ1v) is 11.7. The molecule has 0 spiro atoms. The summed E-state index contributed by atoms with van der Waals surface area (Å²) >= 11 is 18.1. The van der Waals surface area contributed by atoms with Crippen molar-refractivity contribution < 1.29 is 8.42 Å². The van der Waals surface area contributed by atoms with E-state index in [9.17, 15) is 8.42 Å². The maximum atomic E-state index is 13.0. The fourth-order valence-corrected chi connectivity index (χ4v) is 5.68. The van der Waals surface area contributed by atoms with Gasteiger partial charge >= 0.3 is 0 Å². The molecule has 6 nitrogen and oxygen atoms in total. The number of sulfonamides is 1. The topological polar surface area (TPSA) is 66.4 Å². The monoisotopic (exact) mass is 482 g/mol. The van der Waals surface area contributed by atoms with E-state index in [-0.39, 0.29) is 20.0 Å². The van der Waals surface area contributed by atoms with Crippen LogP contribution < -0.4 is 4.90 Å². The summed E-state index contributed by atoms with van der Waals surface area (Å²) in [4.78, 5) is 10.7. The van der Waals surface area contributed by atoms with Gasteiger partial charge in [0, 0.05) is 37.8 Å². The Kier molecular flexibility index (Phi) is 6.18. The van der Waals surface area contributed by atoms with Gasteiger partial charge < -0.3 is 4.90 Å². The summed E-state index contributed by atoms with van der Waals surface area (Å²) in [5.41, 5.74) is 1.81. The first-order valence-electron chi connectivity index (χ1n) is 9.13. The maximum Gasteiger partial charge on any atom is 0.244 e. The Labute approximate surface area is 190 Å². The molecular formula is C20H17Cl3N4O2S. The van der Waals surface area contributed by atoms with Crippen molar-refractivity contribution in [2.75, 3.05) is 31.1 Å². The normalized spacial score (nSPS) is 15.4. The number of halogens is 3. The molecule has 4 rings (SSSR count). The van der Waals surface area contributed by atoms with Crippen molar-refractivity contribution in [3.8, 4) is 11.3 Å². The summed E-state index contributed by atoms with van der Waals surface area (Å²) in [6.45, 7) is 1.57. The molecule has 1 aliphatic heterocycles. The zero-order valence-electron chi connectivity index (χ0n) is 15.7. The Morgan fingerprint density at radius 2 is 1.47 bits per heavy atom. The molecule has 0 atom stereocenters. The molecule has 0 bridgehead atoms. The molecule has 156 valence electrons. The van der Waals surface area contributed by atoms with Gasteiger partial charge in [-0.1, -0.05) is 65.1 Å². The van der Waals surface area contributed by atoms with E-state index < -0.39 is 10.0 Å². The molecule has 0 saturated carbocycles. The summed E-state index contributed by atoms with van der Waals surface area (Å²) in [6.07, 6.45) is 1.52. The highest BCUT2D eigenvalue weighted by atomic mass is 35.5. The van der Waals surface area contributed by atoms with Crippen LogP contribution in [0.4, 0.5) is 5.82 Å². The number of rotatable bonds is 4. The van der Waals surface area contributed by atoms with Crippen LogP contribution in [0.15, 0.2) is 59.8 Å². The molecule has 0 aliphatic carbocycles. The van der Waals surface area contributed by atoms with E-state index in [1.54, 1.807) is 0 Å². The second-order valence-corrected chi connectivity index (χ2v) is 9.84. The van der Waals surface area contributed by atoms with Crippen LogP contribution in [0.5, 0.6) is 0 Å². The van der Waals surface area contributed by atoms with Crippen molar-refractivity contribution in [3.63, 3.8) is 0 Å². The third-order valence-electron chi connectivity index (χ3n) is 4.88. The highest BCUT2D eigenvalue weighted by Gasteiger charge is 2.31. The van der Waals surface area contributed by atoms with E-state index in [4.69, 9.17) is 34.8 Å². The van der Waals surface area contributed by atoms with Gasteiger partial charge in [0.15, 0.2) is 0 Å². The zero-order valence-corrected chi connectivity index (χ0v) is 18.8. The second kappa shape index (κ2) is 8.69. The molecule has 3 aromatic rings. The summed E-state index contributed by atoms with van der Waals surface area (Å²) < 4.78 is 27.5. The lowest BCUT2D eigenvalue weighted by molar-refractivity contribution is 0.384. The molecule has 1 aliphatic rings. The highest BCUT2D eigenvalue weighted by Crippen LogP contribution is 2.33. The molecule has 1 aromatic heterocycles. The van der Waals surface area contributed by atoms with Crippen molar-refractivity contribution in [1.82, 2.24) is 14.3 Å². The maximum absolute atomic E-state index is 13.0. The van der Waals surface area contributed by atoms with Crippen LogP contribution in [0.2, 0.25) is 15.1 Å². The van der Waals surface area contributed by atoms with Gasteiger partial charge in [-0.05, 0) is 12.1 Å². The van der Waals surface area contributed by atoms with Crippen molar-refractivity contribution in [2.45, 2.75) is 4.90 Å². The van der Waals surface area contributed by atoms with Gasteiger partial charge in [-0.2, -0.15) is 4.31 Å². The number of benzene rings is 2. The third kappa shape index (κ3) is 4.26. The van der Waals surface area contributed by atoms with E-state index in [0.717, 1.165) is 17.1 Å². The number of anilines is 1. The Morgan fingerprint density at radius 1 is 0.800 bits per heavy atom. The summed E-state index contributed by atoms with van der Waals surface area (Å²) in [7, 11) is -3.79. The Bertz CT molecular complexity index is 1170. The van der Waals surface area contributed by atoms with E-state index in [0.29, 0.717) is 26.2 Å². The zero-order chi connectivity index (χ0) is 21.3. The standard InChI is InChI=1S/C20H17Cl3N4O2S/c21-15-10-17(23)19(11-16(15)22)30(28,29)27-8-6-26(7-9-27)20-12-18(24-13-25-20)14-4-2-1-3-5-14/h1-5,10-13H,6-9H2. The molecule has 30 heavy (non-hydrogen) atoms. The number of nitrogens with zero attached hydrogens (tertiary/aromatic N) is 4. The summed E-state index contributed by atoms with van der Waals surface area (Å²) in [5.74, 6) is 0.758. The average molecular weight is 484 g/mol. The number of hydrogen-bond acceptors (Lipinski definition) is 5. The van der Waals surface area contributed by atoms with Crippen LogP contribution in [-0.2, 0) is 10.0 Å². The van der Waals surface area contributed by atoms with Crippen LogP contribution >= 0.6 is 34.8 Å². The van der Waals surface area contributed by atoms with E-state index in [1.165, 1.54) is 22.8 Å². The van der Waals surface area contributed by atoms with Crippen LogP contribution in [0.3, 0.4) is 0 Å². The van der Waals surface area contributed by atoms with E-state index >= 15 is 0 Å². The fourth-order valence-electron chi connectivity index (χ4n) is 3.29. The van der Waals surface area contributed by atoms with Crippen LogP contribution in [0.1, 0.15) is 0 Å². The van der Waals surface area contributed by atoms with Crippen LogP contribution in [0.25, 0.3) is 11.3 Å². The second-order valence-electron chi connectivity index (χ2n) is 6.72. The van der Waals surface area contributed by atoms with Crippen LogP contribution in [0, 0.1) is 0 Å².